The van der Waals surface area contributed by atoms with Crippen LogP contribution in [-0.2, 0) is 19.3 Å². The molecule has 0 aromatic heterocycles. The highest BCUT2D eigenvalue weighted by atomic mass is 14.9. The van der Waals surface area contributed by atoms with Gasteiger partial charge in [-0.15, -0.1) is 0 Å². The molecule has 25 heavy (non-hydrogen) atoms. The molecule has 0 unspecified atom stereocenters. The summed E-state index contributed by atoms with van der Waals surface area (Å²) in [5.74, 6) is 0. The molecular weight excluding hydrogens is 302 g/mol. The van der Waals surface area contributed by atoms with Gasteiger partial charge in [0.25, 0.3) is 0 Å². The molecule has 2 aromatic carbocycles. The van der Waals surface area contributed by atoms with E-state index in [-0.39, 0.29) is 0 Å². The van der Waals surface area contributed by atoms with Crippen molar-refractivity contribution >= 4 is 11.4 Å². The summed E-state index contributed by atoms with van der Waals surface area (Å²) in [6, 6.07) is 15.3. The van der Waals surface area contributed by atoms with E-state index in [1.807, 2.05) is 0 Å². The van der Waals surface area contributed by atoms with E-state index < -0.39 is 0 Å². The second-order valence-corrected chi connectivity index (χ2v) is 7.03. The number of hydrogen-bond acceptors (Lipinski definition) is 1. The Morgan fingerprint density at radius 2 is 1.24 bits per heavy atom. The van der Waals surface area contributed by atoms with E-state index in [4.69, 9.17) is 0 Å². The Morgan fingerprint density at radius 3 is 1.88 bits per heavy atom. The van der Waals surface area contributed by atoms with Crippen LogP contribution in [-0.4, -0.2) is 0 Å². The topological polar surface area (TPSA) is 12.0 Å². The van der Waals surface area contributed by atoms with Crippen molar-refractivity contribution in [3.05, 3.63) is 59.2 Å². The van der Waals surface area contributed by atoms with E-state index >= 15 is 0 Å². The minimum absolute atomic E-state index is 1.18. The van der Waals surface area contributed by atoms with Crippen LogP contribution in [0.3, 0.4) is 0 Å². The van der Waals surface area contributed by atoms with Crippen LogP contribution in [0.5, 0.6) is 0 Å². The van der Waals surface area contributed by atoms with Crippen molar-refractivity contribution in [3.8, 4) is 0 Å². The highest BCUT2D eigenvalue weighted by Gasteiger charge is 2.13. The van der Waals surface area contributed by atoms with Crippen LogP contribution in [0.4, 0.5) is 11.4 Å². The van der Waals surface area contributed by atoms with Crippen molar-refractivity contribution in [1.82, 2.24) is 0 Å². The SMILES string of the molecule is CCCCc1ccc(Nc2ccccc2)c(CCCC)c1CCCC. The minimum Gasteiger partial charge on any atom is -0.355 e. The Balaban J connectivity index is 2.38. The number of hydrogen-bond donors (Lipinski definition) is 1. The first kappa shape index (κ1) is 19.6. The zero-order chi connectivity index (χ0) is 17.9. The average molecular weight is 338 g/mol. The summed E-state index contributed by atoms with van der Waals surface area (Å²) in [6.07, 6.45) is 11.2. The fourth-order valence-corrected chi connectivity index (χ4v) is 3.44. The third kappa shape index (κ3) is 5.92. The van der Waals surface area contributed by atoms with Crippen molar-refractivity contribution in [2.75, 3.05) is 5.32 Å². The Morgan fingerprint density at radius 1 is 0.640 bits per heavy atom. The Kier molecular flexibility index (Phi) is 8.59. The molecule has 0 saturated carbocycles. The number of anilines is 2. The smallest absolute Gasteiger partial charge is 0.0419 e. The Bertz CT molecular complexity index is 615. The normalized spacial score (nSPS) is 10.8. The Labute approximate surface area is 154 Å². The summed E-state index contributed by atoms with van der Waals surface area (Å²) in [4.78, 5) is 0. The second-order valence-electron chi connectivity index (χ2n) is 7.03. The van der Waals surface area contributed by atoms with Crippen molar-refractivity contribution in [2.24, 2.45) is 0 Å². The molecule has 2 rings (SSSR count). The largest absolute Gasteiger partial charge is 0.355 e. The maximum absolute atomic E-state index is 3.68. The predicted octanol–water partition coefficient (Wildman–Crippen LogP) is 7.46. The first-order valence-electron chi connectivity index (χ1n) is 10.3. The fourth-order valence-electron chi connectivity index (χ4n) is 3.44. The van der Waals surface area contributed by atoms with Crippen LogP contribution >= 0.6 is 0 Å². The van der Waals surface area contributed by atoms with Gasteiger partial charge < -0.3 is 5.32 Å². The third-order valence-corrected chi connectivity index (χ3v) is 4.94. The summed E-state index contributed by atoms with van der Waals surface area (Å²) in [7, 11) is 0. The van der Waals surface area contributed by atoms with Gasteiger partial charge in [0, 0.05) is 11.4 Å². The molecule has 1 heteroatoms. The molecule has 0 spiro atoms. The van der Waals surface area contributed by atoms with Crippen LogP contribution in [0.15, 0.2) is 42.5 Å². The van der Waals surface area contributed by atoms with Gasteiger partial charge in [0.1, 0.15) is 0 Å². The van der Waals surface area contributed by atoms with Gasteiger partial charge in [0.05, 0.1) is 0 Å². The molecule has 1 N–H and O–H groups in total. The van der Waals surface area contributed by atoms with Crippen molar-refractivity contribution in [3.63, 3.8) is 0 Å². The molecule has 0 amide bonds. The van der Waals surface area contributed by atoms with Gasteiger partial charge in [-0.05, 0) is 73.4 Å². The van der Waals surface area contributed by atoms with E-state index in [2.05, 4.69) is 68.6 Å². The van der Waals surface area contributed by atoms with Crippen LogP contribution in [0.2, 0.25) is 0 Å². The summed E-state index contributed by atoms with van der Waals surface area (Å²) in [5, 5.41) is 3.68. The van der Waals surface area contributed by atoms with Crippen molar-refractivity contribution in [1.29, 1.82) is 0 Å². The lowest BCUT2D eigenvalue weighted by atomic mass is 9.89. The van der Waals surface area contributed by atoms with E-state index in [9.17, 15) is 0 Å². The molecule has 0 heterocycles. The monoisotopic (exact) mass is 337 g/mol. The predicted molar refractivity (Wildman–Crippen MR) is 112 cm³/mol. The quantitative estimate of drug-likeness (QED) is 0.448. The number of nitrogens with one attached hydrogen (secondary N) is 1. The Hall–Kier alpha value is -1.76. The van der Waals surface area contributed by atoms with Gasteiger partial charge in [-0.2, -0.15) is 0 Å². The second kappa shape index (κ2) is 11.0. The number of aryl methyl sites for hydroxylation is 1. The molecule has 0 aliphatic rings. The van der Waals surface area contributed by atoms with Gasteiger partial charge >= 0.3 is 0 Å². The highest BCUT2D eigenvalue weighted by Crippen LogP contribution is 2.30. The summed E-state index contributed by atoms with van der Waals surface area (Å²) in [6.45, 7) is 6.87. The van der Waals surface area contributed by atoms with Crippen LogP contribution in [0.1, 0.15) is 76.0 Å². The molecule has 0 aliphatic heterocycles. The van der Waals surface area contributed by atoms with Crippen LogP contribution in [0.25, 0.3) is 0 Å². The number of benzene rings is 2. The average Bonchev–Trinajstić information content (AvgIpc) is 2.65. The summed E-state index contributed by atoms with van der Waals surface area (Å²) >= 11 is 0. The molecule has 0 aliphatic carbocycles. The molecule has 2 aromatic rings. The lowest BCUT2D eigenvalue weighted by Gasteiger charge is -2.20. The van der Waals surface area contributed by atoms with Crippen LogP contribution in [0, 0.1) is 0 Å². The van der Waals surface area contributed by atoms with Gasteiger partial charge in [-0.25, -0.2) is 0 Å². The molecule has 0 saturated heterocycles. The zero-order valence-electron chi connectivity index (χ0n) is 16.4. The maximum Gasteiger partial charge on any atom is 0.0419 e. The van der Waals surface area contributed by atoms with Crippen molar-refractivity contribution < 1.29 is 0 Å². The highest BCUT2D eigenvalue weighted by molar-refractivity contribution is 5.66. The van der Waals surface area contributed by atoms with Crippen LogP contribution < -0.4 is 5.32 Å². The van der Waals surface area contributed by atoms with Gasteiger partial charge in [0.15, 0.2) is 0 Å². The number of rotatable bonds is 11. The molecule has 0 radical (unpaired) electrons. The van der Waals surface area contributed by atoms with Gasteiger partial charge in [-0.1, -0.05) is 64.3 Å². The first-order valence-corrected chi connectivity index (χ1v) is 10.3. The number of para-hydroxylation sites is 1. The molecule has 0 atom stereocenters. The zero-order valence-corrected chi connectivity index (χ0v) is 16.4. The lowest BCUT2D eigenvalue weighted by Crippen LogP contribution is -2.06. The number of unbranched alkanes of at least 4 members (excludes halogenated alkanes) is 3. The van der Waals surface area contributed by atoms with E-state index in [1.54, 1.807) is 16.7 Å². The molecule has 0 fully saturated rings. The van der Waals surface area contributed by atoms with Crippen molar-refractivity contribution in [2.45, 2.75) is 78.6 Å². The molecule has 0 bridgehead atoms. The molecular formula is C24H35N. The third-order valence-electron chi connectivity index (χ3n) is 4.94. The van der Waals surface area contributed by atoms with Gasteiger partial charge in [0.2, 0.25) is 0 Å². The minimum atomic E-state index is 1.18. The van der Waals surface area contributed by atoms with E-state index in [0.29, 0.717) is 0 Å². The lowest BCUT2D eigenvalue weighted by molar-refractivity contribution is 0.736. The summed E-state index contributed by atoms with van der Waals surface area (Å²) < 4.78 is 0. The standard InChI is InChI=1S/C24H35N/c1-4-7-13-20-18-19-24(25-21-14-11-10-12-15-21)23(17-9-6-3)22(20)16-8-5-2/h10-12,14-15,18-19,25H,4-9,13,16-17H2,1-3H3. The first-order chi connectivity index (χ1) is 12.3. The molecule has 136 valence electrons. The molecule has 1 nitrogen and oxygen atoms in total. The van der Waals surface area contributed by atoms with E-state index in [1.165, 1.54) is 69.2 Å². The maximum atomic E-state index is 3.68. The van der Waals surface area contributed by atoms with Gasteiger partial charge in [-0.3, -0.25) is 0 Å². The van der Waals surface area contributed by atoms with E-state index in [0.717, 1.165) is 0 Å². The summed E-state index contributed by atoms with van der Waals surface area (Å²) in [5.41, 5.74) is 7.27. The fraction of sp³-hybridized carbons (Fsp3) is 0.500.